The van der Waals surface area contributed by atoms with E-state index >= 15 is 0 Å². The van der Waals surface area contributed by atoms with Gasteiger partial charge in [0.25, 0.3) is 0 Å². The lowest BCUT2D eigenvalue weighted by molar-refractivity contribution is -0.142. The van der Waals surface area contributed by atoms with Crippen molar-refractivity contribution in [1.29, 1.82) is 0 Å². The van der Waals surface area contributed by atoms with E-state index in [0.29, 0.717) is 25.2 Å². The maximum Gasteiger partial charge on any atom is 0.227 e. The molecule has 1 atom stereocenters. The Labute approximate surface area is 168 Å². The standard InChI is InChI=1S/C22H34N4O2/c1-18-4-2-6-20(23-18)17-24-10-7-21(8-11-24)26-9-3-5-19(16-26)22(27)25-12-14-28-15-13-25/h2,4,6,19,21H,3,5,7-17H2,1H3/t19-/m1/s1. The molecular weight excluding hydrogens is 352 g/mol. The average molecular weight is 387 g/mol. The molecule has 0 spiro atoms. The zero-order valence-electron chi connectivity index (χ0n) is 17.2. The second kappa shape index (κ2) is 9.33. The summed E-state index contributed by atoms with van der Waals surface area (Å²) in [4.78, 5) is 24.7. The van der Waals surface area contributed by atoms with E-state index in [-0.39, 0.29) is 5.92 Å². The fourth-order valence-electron chi connectivity index (χ4n) is 4.94. The molecule has 154 valence electrons. The molecule has 3 aliphatic rings. The van der Waals surface area contributed by atoms with Crippen LogP contribution >= 0.6 is 0 Å². The summed E-state index contributed by atoms with van der Waals surface area (Å²) in [6.07, 6.45) is 4.59. The topological polar surface area (TPSA) is 48.9 Å². The van der Waals surface area contributed by atoms with E-state index in [2.05, 4.69) is 39.9 Å². The van der Waals surface area contributed by atoms with E-state index in [0.717, 1.165) is 64.3 Å². The molecule has 3 aliphatic heterocycles. The van der Waals surface area contributed by atoms with Gasteiger partial charge in [0.2, 0.25) is 5.91 Å². The monoisotopic (exact) mass is 386 g/mol. The Hall–Kier alpha value is -1.50. The van der Waals surface area contributed by atoms with Crippen LogP contribution in [-0.4, -0.2) is 84.1 Å². The molecule has 0 unspecified atom stereocenters. The summed E-state index contributed by atoms with van der Waals surface area (Å²) in [6.45, 7) is 10.3. The van der Waals surface area contributed by atoms with Crippen molar-refractivity contribution in [2.24, 2.45) is 5.92 Å². The summed E-state index contributed by atoms with van der Waals surface area (Å²) in [5.41, 5.74) is 2.27. The summed E-state index contributed by atoms with van der Waals surface area (Å²) >= 11 is 0. The smallest absolute Gasteiger partial charge is 0.227 e. The number of ether oxygens (including phenoxy) is 1. The van der Waals surface area contributed by atoms with E-state index in [1.165, 1.54) is 18.5 Å². The Morgan fingerprint density at radius 2 is 1.89 bits per heavy atom. The van der Waals surface area contributed by atoms with E-state index in [9.17, 15) is 4.79 Å². The number of hydrogen-bond acceptors (Lipinski definition) is 5. The van der Waals surface area contributed by atoms with Crippen LogP contribution in [0.4, 0.5) is 0 Å². The van der Waals surface area contributed by atoms with E-state index in [1.807, 2.05) is 4.90 Å². The van der Waals surface area contributed by atoms with E-state index in [4.69, 9.17) is 4.74 Å². The molecule has 0 aromatic carbocycles. The Morgan fingerprint density at radius 3 is 2.64 bits per heavy atom. The maximum atomic E-state index is 12.9. The Morgan fingerprint density at radius 1 is 1.11 bits per heavy atom. The van der Waals surface area contributed by atoms with Gasteiger partial charge in [0.05, 0.1) is 24.8 Å². The highest BCUT2D eigenvalue weighted by atomic mass is 16.5. The Balaban J connectivity index is 1.26. The zero-order chi connectivity index (χ0) is 19.3. The number of carbonyl (C=O) groups excluding carboxylic acids is 1. The molecule has 4 heterocycles. The summed E-state index contributed by atoms with van der Waals surface area (Å²) in [6, 6.07) is 6.91. The van der Waals surface area contributed by atoms with Crippen LogP contribution in [0.5, 0.6) is 0 Å². The van der Waals surface area contributed by atoms with E-state index < -0.39 is 0 Å². The van der Waals surface area contributed by atoms with Crippen LogP contribution in [-0.2, 0) is 16.1 Å². The van der Waals surface area contributed by atoms with Gasteiger partial charge in [0.15, 0.2) is 0 Å². The van der Waals surface area contributed by atoms with Gasteiger partial charge in [-0.3, -0.25) is 19.6 Å². The number of likely N-dealkylation sites (tertiary alicyclic amines) is 2. The van der Waals surface area contributed by atoms with Crippen molar-refractivity contribution in [1.82, 2.24) is 19.7 Å². The third kappa shape index (κ3) is 4.91. The molecule has 3 saturated heterocycles. The van der Waals surface area contributed by atoms with Gasteiger partial charge in [-0.15, -0.1) is 0 Å². The molecule has 1 aromatic heterocycles. The van der Waals surface area contributed by atoms with Gasteiger partial charge in [-0.25, -0.2) is 0 Å². The van der Waals surface area contributed by atoms with Gasteiger partial charge >= 0.3 is 0 Å². The van der Waals surface area contributed by atoms with Gasteiger partial charge in [-0.05, 0) is 51.3 Å². The third-order valence-corrected chi connectivity index (χ3v) is 6.53. The lowest BCUT2D eigenvalue weighted by Gasteiger charge is -2.43. The quantitative estimate of drug-likeness (QED) is 0.791. The van der Waals surface area contributed by atoms with Crippen molar-refractivity contribution in [3.05, 3.63) is 29.6 Å². The van der Waals surface area contributed by atoms with Crippen LogP contribution in [0.3, 0.4) is 0 Å². The zero-order valence-corrected chi connectivity index (χ0v) is 17.2. The lowest BCUT2D eigenvalue weighted by atomic mass is 9.92. The summed E-state index contributed by atoms with van der Waals surface area (Å²) in [5, 5.41) is 0. The molecule has 0 N–H and O–H groups in total. The number of nitrogens with zero attached hydrogens (tertiary/aromatic N) is 4. The van der Waals surface area contributed by atoms with Gasteiger partial charge in [-0.2, -0.15) is 0 Å². The minimum Gasteiger partial charge on any atom is -0.378 e. The number of aromatic nitrogens is 1. The van der Waals surface area contributed by atoms with Crippen molar-refractivity contribution in [2.75, 3.05) is 52.5 Å². The molecule has 1 amide bonds. The van der Waals surface area contributed by atoms with Crippen LogP contribution in [0.2, 0.25) is 0 Å². The summed E-state index contributed by atoms with van der Waals surface area (Å²) < 4.78 is 5.40. The predicted molar refractivity (Wildman–Crippen MR) is 109 cm³/mol. The Kier molecular flexibility index (Phi) is 6.60. The fourth-order valence-corrected chi connectivity index (χ4v) is 4.94. The van der Waals surface area contributed by atoms with Crippen LogP contribution in [0.25, 0.3) is 0 Å². The largest absolute Gasteiger partial charge is 0.378 e. The number of hydrogen-bond donors (Lipinski definition) is 0. The second-order valence-electron chi connectivity index (χ2n) is 8.55. The van der Waals surface area contributed by atoms with Crippen molar-refractivity contribution in [2.45, 2.75) is 45.2 Å². The first-order valence-corrected chi connectivity index (χ1v) is 10.9. The van der Waals surface area contributed by atoms with Crippen LogP contribution in [0.15, 0.2) is 18.2 Å². The van der Waals surface area contributed by atoms with Crippen LogP contribution < -0.4 is 0 Å². The van der Waals surface area contributed by atoms with Crippen molar-refractivity contribution in [3.63, 3.8) is 0 Å². The van der Waals surface area contributed by atoms with Gasteiger partial charge in [-0.1, -0.05) is 6.07 Å². The first-order chi connectivity index (χ1) is 13.7. The summed E-state index contributed by atoms with van der Waals surface area (Å²) in [7, 11) is 0. The highest BCUT2D eigenvalue weighted by Crippen LogP contribution is 2.26. The molecule has 6 nitrogen and oxygen atoms in total. The molecule has 0 bridgehead atoms. The predicted octanol–water partition coefficient (Wildman–Crippen LogP) is 1.93. The molecular formula is C22H34N4O2. The molecule has 28 heavy (non-hydrogen) atoms. The highest BCUT2D eigenvalue weighted by Gasteiger charge is 2.33. The Bertz CT molecular complexity index is 654. The van der Waals surface area contributed by atoms with Gasteiger partial charge in [0, 0.05) is 51.0 Å². The van der Waals surface area contributed by atoms with Crippen molar-refractivity contribution >= 4 is 5.91 Å². The normalized spacial score (nSPS) is 25.8. The summed E-state index contributed by atoms with van der Waals surface area (Å²) in [5.74, 6) is 0.539. The molecule has 6 heteroatoms. The number of morpholine rings is 1. The highest BCUT2D eigenvalue weighted by molar-refractivity contribution is 5.79. The average Bonchev–Trinajstić information content (AvgIpc) is 2.74. The SMILES string of the molecule is Cc1cccc(CN2CCC(N3CCC[C@@H](C(=O)N4CCOCC4)C3)CC2)n1. The molecule has 0 saturated carbocycles. The lowest BCUT2D eigenvalue weighted by Crippen LogP contribution is -2.52. The molecule has 4 rings (SSSR count). The third-order valence-electron chi connectivity index (χ3n) is 6.53. The van der Waals surface area contributed by atoms with E-state index in [1.54, 1.807) is 0 Å². The number of carbonyl (C=O) groups is 1. The number of piperidine rings is 2. The number of amides is 1. The molecule has 3 fully saturated rings. The molecule has 1 aromatic rings. The minimum absolute atomic E-state index is 0.182. The first kappa shape index (κ1) is 19.8. The maximum absolute atomic E-state index is 12.9. The fraction of sp³-hybridized carbons (Fsp3) is 0.727. The first-order valence-electron chi connectivity index (χ1n) is 10.9. The molecule has 0 radical (unpaired) electrons. The number of pyridine rings is 1. The second-order valence-corrected chi connectivity index (χ2v) is 8.55. The van der Waals surface area contributed by atoms with Gasteiger partial charge < -0.3 is 9.64 Å². The van der Waals surface area contributed by atoms with Crippen LogP contribution in [0.1, 0.15) is 37.1 Å². The number of aryl methyl sites for hydroxylation is 1. The van der Waals surface area contributed by atoms with Crippen molar-refractivity contribution in [3.8, 4) is 0 Å². The minimum atomic E-state index is 0.182. The van der Waals surface area contributed by atoms with Crippen molar-refractivity contribution < 1.29 is 9.53 Å². The molecule has 0 aliphatic carbocycles. The number of rotatable bonds is 4. The van der Waals surface area contributed by atoms with Gasteiger partial charge in [0.1, 0.15) is 0 Å². The van der Waals surface area contributed by atoms with Crippen LogP contribution in [0, 0.1) is 12.8 Å².